The second-order valence-electron chi connectivity index (χ2n) is 4.16. The summed E-state index contributed by atoms with van der Waals surface area (Å²) in [6.07, 6.45) is -16.6. The van der Waals surface area contributed by atoms with E-state index in [-0.39, 0.29) is 12.1 Å². The van der Waals surface area contributed by atoms with Crippen molar-refractivity contribution >= 4 is 0 Å². The van der Waals surface area contributed by atoms with E-state index in [1.807, 2.05) is 0 Å². The maximum atomic E-state index is 12.8. The Hall–Kier alpha value is -2.34. The molecule has 1 aromatic heterocycles. The van der Waals surface area contributed by atoms with E-state index >= 15 is 0 Å². The molecule has 0 aliphatic heterocycles. The highest BCUT2D eigenvalue weighted by Gasteiger charge is 2.50. The maximum Gasteiger partial charge on any atom is 0.417 e. The smallest absolute Gasteiger partial charge is 0.201 e. The lowest BCUT2D eigenvalue weighted by molar-refractivity contribution is -0.174. The third-order valence-electron chi connectivity index (χ3n) is 2.63. The molecular formula is C10H3F9N4. The highest BCUT2D eigenvalue weighted by atomic mass is 19.4. The van der Waals surface area contributed by atoms with Crippen LogP contribution in [0.4, 0.5) is 39.5 Å². The van der Waals surface area contributed by atoms with Gasteiger partial charge in [-0.05, 0) is 22.6 Å². The number of aromatic nitrogens is 4. The number of hydrogen-bond acceptors (Lipinski definition) is 3. The molecule has 23 heavy (non-hydrogen) atoms. The first-order valence-electron chi connectivity index (χ1n) is 5.45. The number of hydrogen-bond donors (Lipinski definition) is 0. The Bertz CT molecular complexity index is 662. The van der Waals surface area contributed by atoms with E-state index in [2.05, 4.69) is 15.5 Å². The van der Waals surface area contributed by atoms with Crippen molar-refractivity contribution in [2.75, 3.05) is 0 Å². The Kier molecular flexibility index (Phi) is 3.77. The molecule has 1 heterocycles. The van der Waals surface area contributed by atoms with Gasteiger partial charge < -0.3 is 0 Å². The van der Waals surface area contributed by atoms with Gasteiger partial charge in [-0.3, -0.25) is 0 Å². The van der Waals surface area contributed by atoms with E-state index in [1.165, 1.54) is 0 Å². The fourth-order valence-electron chi connectivity index (χ4n) is 1.79. The van der Waals surface area contributed by atoms with E-state index in [4.69, 9.17) is 0 Å². The van der Waals surface area contributed by atoms with Gasteiger partial charge >= 0.3 is 18.5 Å². The highest BCUT2D eigenvalue weighted by Crippen LogP contribution is 2.47. The minimum atomic E-state index is -5.87. The van der Waals surface area contributed by atoms with Crippen molar-refractivity contribution in [3.63, 3.8) is 0 Å². The van der Waals surface area contributed by atoms with Crippen LogP contribution in [-0.4, -0.2) is 20.2 Å². The number of nitrogens with zero attached hydrogens (tertiary/aromatic N) is 4. The average molecular weight is 350 g/mol. The molecular weight excluding hydrogens is 347 g/mol. The Morgan fingerprint density at radius 2 is 1.22 bits per heavy atom. The molecule has 13 heteroatoms. The van der Waals surface area contributed by atoms with Crippen LogP contribution in [-0.2, 0) is 18.5 Å². The standard InChI is InChI=1S/C10H3F9N4/c11-8(12,13)5-1-4(23-3-20-21-22-23)2-6(9(14,15)16)7(5)10(17,18)19/h1-3H. The van der Waals surface area contributed by atoms with E-state index in [1.54, 1.807) is 0 Å². The minimum absolute atomic E-state index is 0.103. The predicted molar refractivity (Wildman–Crippen MR) is 54.2 cm³/mol. The second kappa shape index (κ2) is 5.09. The van der Waals surface area contributed by atoms with Gasteiger partial charge in [0, 0.05) is 0 Å². The van der Waals surface area contributed by atoms with Gasteiger partial charge in [0.2, 0.25) is 0 Å². The largest absolute Gasteiger partial charge is 0.417 e. The van der Waals surface area contributed by atoms with Gasteiger partial charge in [-0.15, -0.1) is 5.10 Å². The van der Waals surface area contributed by atoms with Crippen LogP contribution in [0.1, 0.15) is 16.7 Å². The molecule has 0 N–H and O–H groups in total. The summed E-state index contributed by atoms with van der Waals surface area (Å²) in [6.45, 7) is 0. The van der Waals surface area contributed by atoms with Crippen molar-refractivity contribution in [3.05, 3.63) is 35.2 Å². The zero-order chi connectivity index (χ0) is 17.6. The maximum absolute atomic E-state index is 12.8. The molecule has 4 nitrogen and oxygen atoms in total. The topological polar surface area (TPSA) is 43.6 Å². The van der Waals surface area contributed by atoms with Crippen LogP contribution in [0, 0.1) is 0 Å². The van der Waals surface area contributed by atoms with Gasteiger partial charge in [0.1, 0.15) is 6.33 Å². The van der Waals surface area contributed by atoms with E-state index in [0.29, 0.717) is 11.0 Å². The van der Waals surface area contributed by atoms with Gasteiger partial charge in [-0.25, -0.2) is 4.68 Å². The number of rotatable bonds is 1. The first-order chi connectivity index (χ1) is 10.3. The number of halogens is 9. The van der Waals surface area contributed by atoms with Crippen molar-refractivity contribution in [2.24, 2.45) is 0 Å². The van der Waals surface area contributed by atoms with Gasteiger partial charge in [0.05, 0.1) is 22.4 Å². The lowest BCUT2D eigenvalue weighted by Crippen LogP contribution is -2.23. The Morgan fingerprint density at radius 1 is 0.739 bits per heavy atom. The van der Waals surface area contributed by atoms with Crippen LogP contribution in [0.3, 0.4) is 0 Å². The summed E-state index contributed by atoms with van der Waals surface area (Å²) < 4.78 is 116. The molecule has 0 spiro atoms. The van der Waals surface area contributed by atoms with Crippen LogP contribution in [0.25, 0.3) is 5.69 Å². The molecule has 0 bridgehead atoms. The zero-order valence-corrected chi connectivity index (χ0v) is 10.4. The normalized spacial score (nSPS) is 13.4. The molecule has 2 aromatic rings. The average Bonchev–Trinajstić information content (AvgIpc) is 2.87. The van der Waals surface area contributed by atoms with Crippen molar-refractivity contribution in [1.82, 2.24) is 20.2 Å². The van der Waals surface area contributed by atoms with Crippen molar-refractivity contribution in [1.29, 1.82) is 0 Å². The third kappa shape index (κ3) is 3.37. The first kappa shape index (κ1) is 17.0. The molecule has 0 amide bonds. The summed E-state index contributed by atoms with van der Waals surface area (Å²) in [5, 5.41) is 9.07. The van der Waals surface area contributed by atoms with E-state index in [0.717, 1.165) is 0 Å². The van der Waals surface area contributed by atoms with Crippen LogP contribution in [0.5, 0.6) is 0 Å². The van der Waals surface area contributed by atoms with Crippen molar-refractivity contribution in [2.45, 2.75) is 18.5 Å². The lowest BCUT2D eigenvalue weighted by atomic mass is 9.98. The van der Waals surface area contributed by atoms with Gasteiger partial charge in [-0.2, -0.15) is 39.5 Å². The van der Waals surface area contributed by atoms with E-state index in [9.17, 15) is 39.5 Å². The molecule has 0 saturated carbocycles. The molecule has 0 fully saturated rings. The Balaban J connectivity index is 2.90. The molecule has 0 radical (unpaired) electrons. The lowest BCUT2D eigenvalue weighted by Gasteiger charge is -2.21. The summed E-state index contributed by atoms with van der Waals surface area (Å²) in [7, 11) is 0. The molecule has 0 aliphatic rings. The second-order valence-corrected chi connectivity index (χ2v) is 4.16. The Morgan fingerprint density at radius 3 is 1.52 bits per heavy atom. The number of alkyl halides is 9. The fraction of sp³-hybridized carbons (Fsp3) is 0.300. The van der Waals surface area contributed by atoms with Gasteiger partial charge in [-0.1, -0.05) is 0 Å². The van der Waals surface area contributed by atoms with Crippen molar-refractivity contribution < 1.29 is 39.5 Å². The van der Waals surface area contributed by atoms with E-state index < -0.39 is 40.9 Å². The molecule has 1 aromatic carbocycles. The predicted octanol–water partition coefficient (Wildman–Crippen LogP) is 3.72. The van der Waals surface area contributed by atoms with Gasteiger partial charge in [0.15, 0.2) is 0 Å². The summed E-state index contributed by atoms with van der Waals surface area (Å²) in [5.41, 5.74) is -8.69. The monoisotopic (exact) mass is 350 g/mol. The number of benzene rings is 1. The molecule has 0 aliphatic carbocycles. The molecule has 0 saturated heterocycles. The summed E-state index contributed by atoms with van der Waals surface area (Å²) in [6, 6.07) is -0.206. The third-order valence-corrected chi connectivity index (χ3v) is 2.63. The molecule has 2 rings (SSSR count). The van der Waals surface area contributed by atoms with Gasteiger partial charge in [0.25, 0.3) is 0 Å². The summed E-state index contributed by atoms with van der Waals surface area (Å²) >= 11 is 0. The van der Waals surface area contributed by atoms with Crippen LogP contribution in [0.2, 0.25) is 0 Å². The minimum Gasteiger partial charge on any atom is -0.201 e. The Labute approximate surface area is 120 Å². The molecule has 126 valence electrons. The van der Waals surface area contributed by atoms with Crippen LogP contribution in [0.15, 0.2) is 18.5 Å². The SMILES string of the molecule is FC(F)(F)c1cc(-n2cnnn2)cc(C(F)(F)F)c1C(F)(F)F. The van der Waals surface area contributed by atoms with Crippen LogP contribution >= 0.6 is 0 Å². The summed E-state index contributed by atoms with van der Waals surface area (Å²) in [5.74, 6) is 0. The quantitative estimate of drug-likeness (QED) is 0.737. The molecule has 0 unspecified atom stereocenters. The number of tetrazole rings is 1. The first-order valence-corrected chi connectivity index (χ1v) is 5.45. The summed E-state index contributed by atoms with van der Waals surface area (Å²) in [4.78, 5) is 0. The fourth-order valence-corrected chi connectivity index (χ4v) is 1.79. The zero-order valence-electron chi connectivity index (χ0n) is 10.4. The van der Waals surface area contributed by atoms with Crippen LogP contribution < -0.4 is 0 Å². The highest BCUT2D eigenvalue weighted by molar-refractivity contribution is 5.49. The molecule has 0 atom stereocenters. The van der Waals surface area contributed by atoms with Crippen molar-refractivity contribution in [3.8, 4) is 5.69 Å².